The van der Waals surface area contributed by atoms with Crippen molar-refractivity contribution in [3.63, 3.8) is 0 Å². The van der Waals surface area contributed by atoms with E-state index in [1.165, 1.54) is 6.20 Å². The Labute approximate surface area is 152 Å². The number of likely N-dealkylation sites (tertiary alicyclic amines) is 1. The van der Waals surface area contributed by atoms with Crippen molar-refractivity contribution < 1.29 is 19.4 Å². The zero-order valence-electron chi connectivity index (χ0n) is 14.5. The van der Waals surface area contributed by atoms with Crippen LogP contribution >= 0.6 is 11.6 Å². The van der Waals surface area contributed by atoms with Gasteiger partial charge in [-0.1, -0.05) is 25.4 Å². The van der Waals surface area contributed by atoms with Crippen molar-refractivity contribution in [3.05, 3.63) is 22.8 Å². The second-order valence-electron chi connectivity index (χ2n) is 7.47. The van der Waals surface area contributed by atoms with E-state index in [-0.39, 0.29) is 17.2 Å². The number of carboxylic acids is 1. The van der Waals surface area contributed by atoms with Gasteiger partial charge in [0, 0.05) is 19.3 Å². The highest BCUT2D eigenvalue weighted by molar-refractivity contribution is 6.32. The molecule has 6 nitrogen and oxygen atoms in total. The Kier molecular flexibility index (Phi) is 4.91. The molecule has 0 aromatic carbocycles. The lowest BCUT2D eigenvalue weighted by atomic mass is 9.90. The molecule has 2 fully saturated rings. The molecular weight excluding hydrogens is 344 g/mol. The number of carbonyl (C=O) groups is 2. The number of carbonyl (C=O) groups excluding carboxylic acids is 1. The Hall–Kier alpha value is -1.82. The number of halogens is 1. The maximum Gasteiger partial charge on any atom is 0.307 e. The van der Waals surface area contributed by atoms with Crippen molar-refractivity contribution >= 4 is 23.5 Å². The lowest BCUT2D eigenvalue weighted by Gasteiger charge is -2.32. The molecule has 1 aromatic rings. The number of hydrogen-bond donors (Lipinski definition) is 1. The number of rotatable bonds is 5. The van der Waals surface area contributed by atoms with E-state index < -0.39 is 5.97 Å². The van der Waals surface area contributed by atoms with Gasteiger partial charge >= 0.3 is 5.97 Å². The standard InChI is InChI=1S/C18H23ClN2O4/c1-11(2)10-25-15-14(19)7-12(9-20-15)16(22)21-5-3-18(4-6-21)8-13(18)17(23)24/h7,9,11,13H,3-6,8,10H2,1-2H3,(H,23,24). The van der Waals surface area contributed by atoms with Crippen molar-refractivity contribution in [2.75, 3.05) is 19.7 Å². The largest absolute Gasteiger partial charge is 0.481 e. The fraction of sp³-hybridized carbons (Fsp3) is 0.611. The summed E-state index contributed by atoms with van der Waals surface area (Å²) < 4.78 is 5.52. The second kappa shape index (κ2) is 6.83. The third kappa shape index (κ3) is 3.73. The number of nitrogens with zero attached hydrogens (tertiary/aromatic N) is 2. The van der Waals surface area contributed by atoms with E-state index in [1.54, 1.807) is 11.0 Å². The zero-order valence-corrected chi connectivity index (χ0v) is 15.3. The first-order chi connectivity index (χ1) is 11.8. The molecule has 1 N–H and O–H groups in total. The summed E-state index contributed by atoms with van der Waals surface area (Å²) in [5.41, 5.74) is 0.344. The van der Waals surface area contributed by atoms with Crippen LogP contribution in [0.5, 0.6) is 5.88 Å². The van der Waals surface area contributed by atoms with Crippen LogP contribution in [-0.2, 0) is 4.79 Å². The first kappa shape index (κ1) is 18.0. The maximum absolute atomic E-state index is 12.6. The summed E-state index contributed by atoms with van der Waals surface area (Å²) in [5, 5.41) is 9.47. The molecule has 1 aliphatic carbocycles. The average Bonchev–Trinajstić information content (AvgIpc) is 3.27. The minimum absolute atomic E-state index is 0.0902. The van der Waals surface area contributed by atoms with E-state index in [9.17, 15) is 9.59 Å². The molecule has 136 valence electrons. The van der Waals surface area contributed by atoms with E-state index in [4.69, 9.17) is 21.4 Å². The fourth-order valence-corrected chi connectivity index (χ4v) is 3.70. The first-order valence-electron chi connectivity index (χ1n) is 8.63. The molecule has 1 saturated carbocycles. The maximum atomic E-state index is 12.6. The molecule has 1 aromatic heterocycles. The Morgan fingerprint density at radius 2 is 2.12 bits per heavy atom. The van der Waals surface area contributed by atoms with Gasteiger partial charge in [-0.15, -0.1) is 0 Å². The topological polar surface area (TPSA) is 79.7 Å². The molecule has 1 spiro atoms. The van der Waals surface area contributed by atoms with Crippen molar-refractivity contribution in [1.29, 1.82) is 0 Å². The van der Waals surface area contributed by atoms with E-state index in [0.717, 1.165) is 19.3 Å². The average molecular weight is 367 g/mol. The van der Waals surface area contributed by atoms with Gasteiger partial charge < -0.3 is 14.7 Å². The SMILES string of the molecule is CC(C)COc1ncc(C(=O)N2CCC3(CC2)CC3C(=O)O)cc1Cl. The van der Waals surface area contributed by atoms with Crippen LogP contribution in [0.3, 0.4) is 0 Å². The molecule has 1 unspecified atom stereocenters. The number of hydrogen-bond acceptors (Lipinski definition) is 4. The smallest absolute Gasteiger partial charge is 0.307 e. The van der Waals surface area contributed by atoms with Crippen LogP contribution in [-0.4, -0.2) is 46.6 Å². The number of amides is 1. The molecule has 0 radical (unpaired) electrons. The van der Waals surface area contributed by atoms with Crippen LogP contribution in [0.4, 0.5) is 0 Å². The minimum Gasteiger partial charge on any atom is -0.481 e. The summed E-state index contributed by atoms with van der Waals surface area (Å²) >= 11 is 6.18. The van der Waals surface area contributed by atoms with E-state index in [0.29, 0.717) is 42.1 Å². The molecular formula is C18H23ClN2O4. The molecule has 7 heteroatoms. The van der Waals surface area contributed by atoms with E-state index >= 15 is 0 Å². The summed E-state index contributed by atoms with van der Waals surface area (Å²) in [6.45, 7) is 5.73. The van der Waals surface area contributed by atoms with Gasteiger partial charge in [0.15, 0.2) is 0 Å². The number of aromatic nitrogens is 1. The summed E-state index contributed by atoms with van der Waals surface area (Å²) in [6, 6.07) is 1.59. The number of ether oxygens (including phenoxy) is 1. The van der Waals surface area contributed by atoms with Crippen molar-refractivity contribution in [2.24, 2.45) is 17.3 Å². The van der Waals surface area contributed by atoms with Gasteiger partial charge in [0.05, 0.1) is 18.1 Å². The highest BCUT2D eigenvalue weighted by atomic mass is 35.5. The summed E-state index contributed by atoms with van der Waals surface area (Å²) in [5.74, 6) is -0.373. The molecule has 3 rings (SSSR count). The van der Waals surface area contributed by atoms with Gasteiger partial charge in [0.1, 0.15) is 5.02 Å². The quantitative estimate of drug-likeness (QED) is 0.866. The Morgan fingerprint density at radius 3 is 2.64 bits per heavy atom. The van der Waals surface area contributed by atoms with Crippen LogP contribution < -0.4 is 4.74 Å². The third-order valence-electron chi connectivity index (χ3n) is 5.14. The Balaban J connectivity index is 1.60. The molecule has 0 bridgehead atoms. The second-order valence-corrected chi connectivity index (χ2v) is 7.87. The van der Waals surface area contributed by atoms with E-state index in [1.807, 2.05) is 13.8 Å². The van der Waals surface area contributed by atoms with Gasteiger partial charge in [0.25, 0.3) is 5.91 Å². The predicted molar refractivity (Wildman–Crippen MR) is 92.9 cm³/mol. The zero-order chi connectivity index (χ0) is 18.2. The van der Waals surface area contributed by atoms with E-state index in [2.05, 4.69) is 4.98 Å². The van der Waals surface area contributed by atoms with Gasteiger partial charge in [-0.2, -0.15) is 0 Å². The highest BCUT2D eigenvalue weighted by Crippen LogP contribution is 2.59. The molecule has 1 aliphatic heterocycles. The highest BCUT2D eigenvalue weighted by Gasteiger charge is 2.59. The van der Waals surface area contributed by atoms with Gasteiger partial charge in [-0.3, -0.25) is 9.59 Å². The molecule has 1 amide bonds. The third-order valence-corrected chi connectivity index (χ3v) is 5.41. The minimum atomic E-state index is -0.715. The Bertz CT molecular complexity index is 684. The van der Waals surface area contributed by atoms with Crippen LogP contribution in [0.1, 0.15) is 43.5 Å². The number of piperidine rings is 1. The molecule has 1 saturated heterocycles. The first-order valence-corrected chi connectivity index (χ1v) is 9.00. The summed E-state index contributed by atoms with van der Waals surface area (Å²) in [7, 11) is 0. The van der Waals surface area contributed by atoms with Crippen LogP contribution in [0.25, 0.3) is 0 Å². The summed E-state index contributed by atoms with van der Waals surface area (Å²) in [6.07, 6.45) is 3.71. The normalized spacial score (nSPS) is 21.4. The summed E-state index contributed by atoms with van der Waals surface area (Å²) in [4.78, 5) is 29.7. The number of pyridine rings is 1. The Morgan fingerprint density at radius 1 is 1.44 bits per heavy atom. The monoisotopic (exact) mass is 366 g/mol. The van der Waals surface area contributed by atoms with Gasteiger partial charge in [0.2, 0.25) is 5.88 Å². The van der Waals surface area contributed by atoms with Crippen LogP contribution in [0.2, 0.25) is 5.02 Å². The molecule has 2 heterocycles. The molecule has 1 atom stereocenters. The molecule has 2 aliphatic rings. The van der Waals surface area contributed by atoms with Crippen molar-refractivity contribution in [2.45, 2.75) is 33.1 Å². The molecule has 25 heavy (non-hydrogen) atoms. The van der Waals surface area contributed by atoms with Crippen molar-refractivity contribution in [3.8, 4) is 5.88 Å². The van der Waals surface area contributed by atoms with Gasteiger partial charge in [-0.05, 0) is 36.7 Å². The lowest BCUT2D eigenvalue weighted by molar-refractivity contribution is -0.139. The number of carboxylic acid groups (broad SMARTS) is 1. The van der Waals surface area contributed by atoms with Crippen LogP contribution in [0.15, 0.2) is 12.3 Å². The van der Waals surface area contributed by atoms with Crippen molar-refractivity contribution in [1.82, 2.24) is 9.88 Å². The lowest BCUT2D eigenvalue weighted by Crippen LogP contribution is -2.40. The fourth-order valence-electron chi connectivity index (χ4n) is 3.48. The van der Waals surface area contributed by atoms with Gasteiger partial charge in [-0.25, -0.2) is 4.98 Å². The van der Waals surface area contributed by atoms with Crippen LogP contribution in [0, 0.1) is 17.3 Å². The predicted octanol–water partition coefficient (Wildman–Crippen LogP) is 3.10. The number of aliphatic carboxylic acids is 1.